The average Bonchev–Trinajstić information content (AvgIpc) is 1.96. The molecule has 0 aliphatic rings. The van der Waals surface area contributed by atoms with E-state index < -0.39 is 18.0 Å². The standard InChI is InChI=1S/C7H13NO4/c1-5(9)12-4-3-6(8-2)7(10)11/h6,8H,3-4H2,1-2H3,(H,10,11)/t6-/m0/s1. The molecule has 5 nitrogen and oxygen atoms in total. The van der Waals surface area contributed by atoms with Crippen LogP contribution in [0.5, 0.6) is 0 Å². The second-order valence-corrected chi connectivity index (χ2v) is 2.31. The first-order chi connectivity index (χ1) is 5.57. The Morgan fingerprint density at radius 2 is 2.17 bits per heavy atom. The lowest BCUT2D eigenvalue weighted by Crippen LogP contribution is -2.34. The smallest absolute Gasteiger partial charge is 0.320 e. The molecular weight excluding hydrogens is 162 g/mol. The molecule has 0 spiro atoms. The van der Waals surface area contributed by atoms with Crippen LogP contribution in [0.15, 0.2) is 0 Å². The van der Waals surface area contributed by atoms with E-state index >= 15 is 0 Å². The molecule has 0 aromatic rings. The van der Waals surface area contributed by atoms with E-state index in [4.69, 9.17) is 5.11 Å². The van der Waals surface area contributed by atoms with Crippen molar-refractivity contribution in [2.75, 3.05) is 13.7 Å². The van der Waals surface area contributed by atoms with Crippen LogP contribution in [0, 0.1) is 0 Å². The maximum absolute atomic E-state index is 10.4. The Bertz CT molecular complexity index is 169. The van der Waals surface area contributed by atoms with Crippen molar-refractivity contribution >= 4 is 11.9 Å². The first-order valence-electron chi connectivity index (χ1n) is 3.61. The summed E-state index contributed by atoms with van der Waals surface area (Å²) >= 11 is 0. The minimum Gasteiger partial charge on any atom is -0.480 e. The van der Waals surface area contributed by atoms with Crippen LogP contribution < -0.4 is 5.32 Å². The zero-order valence-corrected chi connectivity index (χ0v) is 7.16. The summed E-state index contributed by atoms with van der Waals surface area (Å²) in [6, 6.07) is -0.649. The molecule has 0 aromatic heterocycles. The van der Waals surface area contributed by atoms with Gasteiger partial charge in [-0.3, -0.25) is 9.59 Å². The maximum Gasteiger partial charge on any atom is 0.320 e. The fraction of sp³-hybridized carbons (Fsp3) is 0.714. The van der Waals surface area contributed by atoms with E-state index in [0.29, 0.717) is 0 Å². The highest BCUT2D eigenvalue weighted by Crippen LogP contribution is 1.92. The lowest BCUT2D eigenvalue weighted by Gasteiger charge is -2.09. The second kappa shape index (κ2) is 5.54. The van der Waals surface area contributed by atoms with Crippen LogP contribution in [0.1, 0.15) is 13.3 Å². The van der Waals surface area contributed by atoms with E-state index in [1.807, 2.05) is 0 Å². The van der Waals surface area contributed by atoms with Gasteiger partial charge in [0, 0.05) is 13.3 Å². The molecule has 0 aliphatic heterocycles. The van der Waals surface area contributed by atoms with Gasteiger partial charge in [0.25, 0.3) is 0 Å². The van der Waals surface area contributed by atoms with Crippen molar-refractivity contribution in [3.63, 3.8) is 0 Å². The SMILES string of the molecule is CN[C@@H](CCOC(C)=O)C(=O)O. The monoisotopic (exact) mass is 175 g/mol. The number of esters is 1. The van der Waals surface area contributed by atoms with Gasteiger partial charge in [0.05, 0.1) is 6.61 Å². The number of aliphatic carboxylic acids is 1. The number of hydrogen-bond donors (Lipinski definition) is 2. The van der Waals surface area contributed by atoms with E-state index in [1.165, 1.54) is 6.92 Å². The summed E-state index contributed by atoms with van der Waals surface area (Å²) < 4.78 is 4.58. The summed E-state index contributed by atoms with van der Waals surface area (Å²) in [5.74, 6) is -1.33. The van der Waals surface area contributed by atoms with Crippen LogP contribution in [0.4, 0.5) is 0 Å². The van der Waals surface area contributed by atoms with Crippen LogP contribution in [-0.4, -0.2) is 36.7 Å². The Morgan fingerprint density at radius 3 is 2.50 bits per heavy atom. The summed E-state index contributed by atoms with van der Waals surface area (Å²) in [6.45, 7) is 1.42. The van der Waals surface area contributed by atoms with Crippen molar-refractivity contribution in [1.82, 2.24) is 5.32 Å². The largest absolute Gasteiger partial charge is 0.480 e. The lowest BCUT2D eigenvalue weighted by molar-refractivity contribution is -0.144. The minimum atomic E-state index is -0.940. The number of carbonyl (C=O) groups is 2. The van der Waals surface area contributed by atoms with Gasteiger partial charge in [-0.15, -0.1) is 0 Å². The van der Waals surface area contributed by atoms with E-state index in [0.717, 1.165) is 0 Å². The molecule has 0 aliphatic carbocycles. The number of carbonyl (C=O) groups excluding carboxylic acids is 1. The molecule has 5 heteroatoms. The van der Waals surface area contributed by atoms with E-state index in [1.54, 1.807) is 7.05 Å². The van der Waals surface area contributed by atoms with Gasteiger partial charge >= 0.3 is 11.9 Å². The van der Waals surface area contributed by atoms with Crippen molar-refractivity contribution in [1.29, 1.82) is 0 Å². The molecule has 0 unspecified atom stereocenters. The summed E-state index contributed by atoms with van der Waals surface area (Å²) in [4.78, 5) is 20.7. The van der Waals surface area contributed by atoms with Crippen LogP contribution >= 0.6 is 0 Å². The Hall–Kier alpha value is -1.10. The van der Waals surface area contributed by atoms with E-state index in [2.05, 4.69) is 10.1 Å². The number of likely N-dealkylation sites (N-methyl/N-ethyl adjacent to an activating group) is 1. The molecule has 0 rings (SSSR count). The zero-order chi connectivity index (χ0) is 9.56. The van der Waals surface area contributed by atoms with Crippen molar-refractivity contribution in [2.45, 2.75) is 19.4 Å². The quantitative estimate of drug-likeness (QED) is 0.557. The topological polar surface area (TPSA) is 75.6 Å². The number of nitrogens with one attached hydrogen (secondary N) is 1. The fourth-order valence-corrected chi connectivity index (χ4v) is 0.712. The van der Waals surface area contributed by atoms with Crippen molar-refractivity contribution in [3.05, 3.63) is 0 Å². The minimum absolute atomic E-state index is 0.132. The van der Waals surface area contributed by atoms with Crippen LogP contribution in [0.25, 0.3) is 0 Å². The number of rotatable bonds is 5. The predicted octanol–water partition coefficient (Wildman–Crippen LogP) is -0.388. The highest BCUT2D eigenvalue weighted by Gasteiger charge is 2.14. The molecule has 0 radical (unpaired) electrons. The molecule has 12 heavy (non-hydrogen) atoms. The number of ether oxygens (including phenoxy) is 1. The highest BCUT2D eigenvalue weighted by molar-refractivity contribution is 5.73. The molecule has 0 amide bonds. The van der Waals surface area contributed by atoms with Gasteiger partial charge < -0.3 is 15.2 Å². The molecule has 0 aromatic carbocycles. The third-order valence-electron chi connectivity index (χ3n) is 1.36. The molecule has 0 heterocycles. The zero-order valence-electron chi connectivity index (χ0n) is 7.16. The molecule has 0 bridgehead atoms. The number of carboxylic acids is 1. The number of carboxylic acid groups (broad SMARTS) is 1. The van der Waals surface area contributed by atoms with Crippen LogP contribution in [0.3, 0.4) is 0 Å². The van der Waals surface area contributed by atoms with Crippen molar-refractivity contribution < 1.29 is 19.4 Å². The highest BCUT2D eigenvalue weighted by atomic mass is 16.5. The van der Waals surface area contributed by atoms with Gasteiger partial charge in [-0.25, -0.2) is 0 Å². The van der Waals surface area contributed by atoms with Gasteiger partial charge in [-0.2, -0.15) is 0 Å². The molecule has 0 fully saturated rings. The molecular formula is C7H13NO4. The normalized spacial score (nSPS) is 12.2. The average molecular weight is 175 g/mol. The van der Waals surface area contributed by atoms with Gasteiger partial charge in [-0.05, 0) is 7.05 Å². The Kier molecular flexibility index (Phi) is 5.03. The second-order valence-electron chi connectivity index (χ2n) is 2.31. The van der Waals surface area contributed by atoms with Crippen LogP contribution in [0.2, 0.25) is 0 Å². The van der Waals surface area contributed by atoms with Gasteiger partial charge in [0.15, 0.2) is 0 Å². The third-order valence-corrected chi connectivity index (χ3v) is 1.36. The van der Waals surface area contributed by atoms with Gasteiger partial charge in [0.1, 0.15) is 6.04 Å². The summed E-state index contributed by atoms with van der Waals surface area (Å²) in [5.41, 5.74) is 0. The Balaban J connectivity index is 3.59. The van der Waals surface area contributed by atoms with E-state index in [9.17, 15) is 9.59 Å². The molecule has 0 saturated carbocycles. The number of hydrogen-bond acceptors (Lipinski definition) is 4. The van der Waals surface area contributed by atoms with Gasteiger partial charge in [0.2, 0.25) is 0 Å². The van der Waals surface area contributed by atoms with E-state index in [-0.39, 0.29) is 13.0 Å². The van der Waals surface area contributed by atoms with Crippen molar-refractivity contribution in [2.24, 2.45) is 0 Å². The molecule has 0 saturated heterocycles. The maximum atomic E-state index is 10.4. The first-order valence-corrected chi connectivity index (χ1v) is 3.61. The Labute approximate surface area is 70.7 Å². The first kappa shape index (κ1) is 10.9. The fourth-order valence-electron chi connectivity index (χ4n) is 0.712. The summed E-state index contributed by atoms with van der Waals surface area (Å²) in [6.07, 6.45) is 0.283. The molecule has 1 atom stereocenters. The van der Waals surface area contributed by atoms with Gasteiger partial charge in [-0.1, -0.05) is 0 Å². The third kappa shape index (κ3) is 4.68. The summed E-state index contributed by atoms with van der Waals surface area (Å²) in [5, 5.41) is 11.1. The lowest BCUT2D eigenvalue weighted by atomic mass is 10.2. The molecule has 2 N–H and O–H groups in total. The molecule has 70 valence electrons. The summed E-state index contributed by atoms with van der Waals surface area (Å²) in [7, 11) is 1.55. The van der Waals surface area contributed by atoms with Crippen LogP contribution in [-0.2, 0) is 14.3 Å². The van der Waals surface area contributed by atoms with Crippen molar-refractivity contribution in [3.8, 4) is 0 Å². The predicted molar refractivity (Wildman–Crippen MR) is 41.7 cm³/mol. The Morgan fingerprint density at radius 1 is 1.58 bits per heavy atom.